The number of thiazole rings is 1. The standard InChI is InChI=1S/C19H15N3O2S/c1-12-5-7-14(8-6-12)17-19(21-13(2)23)25-18(22-17)15(11-20)10-16-4-3-9-24-16/h3-10H,1-2H3,(H,21,23). The molecule has 25 heavy (non-hydrogen) atoms. The highest BCUT2D eigenvalue weighted by molar-refractivity contribution is 7.17. The number of nitrogens with zero attached hydrogens (tertiary/aromatic N) is 2. The number of nitrogens with one attached hydrogen (secondary N) is 1. The van der Waals surface area contributed by atoms with Crippen LogP contribution in [0, 0.1) is 18.3 Å². The van der Waals surface area contributed by atoms with Crippen LogP contribution in [0.3, 0.4) is 0 Å². The Kier molecular flexibility index (Phi) is 4.78. The lowest BCUT2D eigenvalue weighted by atomic mass is 10.1. The Hall–Kier alpha value is -3.17. The van der Waals surface area contributed by atoms with E-state index < -0.39 is 0 Å². The largest absolute Gasteiger partial charge is 0.465 e. The summed E-state index contributed by atoms with van der Waals surface area (Å²) in [7, 11) is 0. The van der Waals surface area contributed by atoms with Crippen molar-refractivity contribution in [2.45, 2.75) is 13.8 Å². The Morgan fingerprint density at radius 1 is 1.32 bits per heavy atom. The van der Waals surface area contributed by atoms with Crippen LogP contribution in [0.25, 0.3) is 22.9 Å². The number of carbonyl (C=O) groups is 1. The van der Waals surface area contributed by atoms with Crippen molar-refractivity contribution in [3.05, 3.63) is 59.0 Å². The van der Waals surface area contributed by atoms with Gasteiger partial charge in [0.25, 0.3) is 0 Å². The van der Waals surface area contributed by atoms with E-state index in [9.17, 15) is 10.1 Å². The van der Waals surface area contributed by atoms with Crippen LogP contribution in [0.2, 0.25) is 0 Å². The Labute approximate surface area is 149 Å². The fourth-order valence-corrected chi connectivity index (χ4v) is 3.24. The maximum absolute atomic E-state index is 11.5. The molecule has 1 amide bonds. The summed E-state index contributed by atoms with van der Waals surface area (Å²) in [4.78, 5) is 16.1. The highest BCUT2D eigenvalue weighted by Crippen LogP contribution is 2.36. The molecular formula is C19H15N3O2S. The molecule has 0 spiro atoms. The Balaban J connectivity index is 2.08. The number of anilines is 1. The minimum Gasteiger partial charge on any atom is -0.465 e. The summed E-state index contributed by atoms with van der Waals surface area (Å²) in [6.45, 7) is 3.45. The molecule has 2 heterocycles. The molecule has 6 heteroatoms. The Morgan fingerprint density at radius 2 is 2.08 bits per heavy atom. The van der Waals surface area contributed by atoms with Gasteiger partial charge >= 0.3 is 0 Å². The normalized spacial score (nSPS) is 11.2. The van der Waals surface area contributed by atoms with Gasteiger partial charge in [0.05, 0.1) is 11.8 Å². The molecule has 0 fully saturated rings. The van der Waals surface area contributed by atoms with Crippen LogP contribution in [0.4, 0.5) is 5.00 Å². The van der Waals surface area contributed by atoms with Gasteiger partial charge in [0, 0.05) is 18.6 Å². The van der Waals surface area contributed by atoms with Crippen LogP contribution >= 0.6 is 11.3 Å². The second kappa shape index (κ2) is 7.16. The number of allylic oxidation sites excluding steroid dienone is 1. The number of furan rings is 1. The molecule has 0 atom stereocenters. The van der Waals surface area contributed by atoms with E-state index in [1.54, 1.807) is 24.5 Å². The molecule has 0 saturated carbocycles. The topological polar surface area (TPSA) is 78.9 Å². The van der Waals surface area contributed by atoms with Gasteiger partial charge in [-0.15, -0.1) is 0 Å². The predicted molar refractivity (Wildman–Crippen MR) is 98.8 cm³/mol. The summed E-state index contributed by atoms with van der Waals surface area (Å²) >= 11 is 1.27. The zero-order valence-corrected chi connectivity index (χ0v) is 14.6. The average Bonchev–Trinajstić information content (AvgIpc) is 3.23. The number of nitriles is 1. The van der Waals surface area contributed by atoms with E-state index in [2.05, 4.69) is 16.4 Å². The third kappa shape index (κ3) is 3.84. The molecule has 0 aliphatic heterocycles. The lowest BCUT2D eigenvalue weighted by molar-refractivity contribution is -0.114. The first-order chi connectivity index (χ1) is 12.1. The SMILES string of the molecule is CC(=O)Nc1sc(C(C#N)=Cc2ccco2)nc1-c1ccc(C)cc1. The molecule has 0 radical (unpaired) electrons. The van der Waals surface area contributed by atoms with Gasteiger partial charge in [-0.2, -0.15) is 5.26 Å². The molecule has 124 valence electrons. The fraction of sp³-hybridized carbons (Fsp3) is 0.105. The quantitative estimate of drug-likeness (QED) is 0.690. The first-order valence-electron chi connectivity index (χ1n) is 7.58. The Morgan fingerprint density at radius 3 is 2.68 bits per heavy atom. The zero-order valence-electron chi connectivity index (χ0n) is 13.7. The van der Waals surface area contributed by atoms with Crippen LogP contribution < -0.4 is 5.32 Å². The van der Waals surface area contributed by atoms with Gasteiger partial charge in [0.1, 0.15) is 27.5 Å². The van der Waals surface area contributed by atoms with Gasteiger partial charge in [-0.05, 0) is 19.1 Å². The average molecular weight is 349 g/mol. The number of carbonyl (C=O) groups excluding carboxylic acids is 1. The summed E-state index contributed by atoms with van der Waals surface area (Å²) in [5.41, 5.74) is 3.04. The first-order valence-corrected chi connectivity index (χ1v) is 8.39. The van der Waals surface area contributed by atoms with E-state index in [0.717, 1.165) is 11.1 Å². The van der Waals surface area contributed by atoms with Crippen LogP contribution in [0.15, 0.2) is 47.1 Å². The number of hydrogen-bond donors (Lipinski definition) is 1. The highest BCUT2D eigenvalue weighted by atomic mass is 32.1. The molecule has 2 aromatic heterocycles. The maximum Gasteiger partial charge on any atom is 0.221 e. The van der Waals surface area contributed by atoms with Crippen molar-refractivity contribution in [3.8, 4) is 17.3 Å². The van der Waals surface area contributed by atoms with E-state index in [-0.39, 0.29) is 5.91 Å². The summed E-state index contributed by atoms with van der Waals surface area (Å²) in [5, 5.41) is 13.4. The molecule has 1 aromatic carbocycles. The molecule has 0 aliphatic carbocycles. The molecular weight excluding hydrogens is 334 g/mol. The molecule has 0 unspecified atom stereocenters. The summed E-state index contributed by atoms with van der Waals surface area (Å²) in [5.74, 6) is 0.391. The van der Waals surface area contributed by atoms with Crippen LogP contribution in [-0.4, -0.2) is 10.9 Å². The smallest absolute Gasteiger partial charge is 0.221 e. The summed E-state index contributed by atoms with van der Waals surface area (Å²) in [6.07, 6.45) is 3.18. The van der Waals surface area contributed by atoms with Gasteiger partial charge in [0.15, 0.2) is 0 Å². The monoisotopic (exact) mass is 349 g/mol. The van der Waals surface area contributed by atoms with Crippen molar-refractivity contribution in [2.24, 2.45) is 0 Å². The van der Waals surface area contributed by atoms with E-state index in [0.29, 0.717) is 27.0 Å². The van der Waals surface area contributed by atoms with Crippen molar-refractivity contribution < 1.29 is 9.21 Å². The van der Waals surface area contributed by atoms with Crippen LogP contribution in [0.1, 0.15) is 23.3 Å². The maximum atomic E-state index is 11.5. The van der Waals surface area contributed by atoms with Gasteiger partial charge in [-0.1, -0.05) is 41.2 Å². The molecule has 3 rings (SSSR count). The van der Waals surface area contributed by atoms with Crippen molar-refractivity contribution >= 4 is 33.9 Å². The van der Waals surface area contributed by atoms with Crippen molar-refractivity contribution in [1.82, 2.24) is 4.98 Å². The van der Waals surface area contributed by atoms with Crippen molar-refractivity contribution in [3.63, 3.8) is 0 Å². The van der Waals surface area contributed by atoms with E-state index in [1.807, 2.05) is 31.2 Å². The minimum absolute atomic E-state index is 0.183. The number of rotatable bonds is 4. The number of hydrogen-bond acceptors (Lipinski definition) is 5. The number of benzene rings is 1. The number of aryl methyl sites for hydroxylation is 1. The van der Waals surface area contributed by atoms with Crippen LogP contribution in [0.5, 0.6) is 0 Å². The van der Waals surface area contributed by atoms with Crippen molar-refractivity contribution in [1.29, 1.82) is 5.26 Å². The highest BCUT2D eigenvalue weighted by Gasteiger charge is 2.17. The minimum atomic E-state index is -0.183. The van der Waals surface area contributed by atoms with Gasteiger partial charge < -0.3 is 9.73 Å². The first kappa shape index (κ1) is 16.7. The lowest BCUT2D eigenvalue weighted by Gasteiger charge is -2.03. The van der Waals surface area contributed by atoms with Gasteiger partial charge in [0.2, 0.25) is 5.91 Å². The van der Waals surface area contributed by atoms with E-state index in [4.69, 9.17) is 4.42 Å². The van der Waals surface area contributed by atoms with Crippen molar-refractivity contribution in [2.75, 3.05) is 5.32 Å². The molecule has 0 aliphatic rings. The molecule has 5 nitrogen and oxygen atoms in total. The second-order valence-corrected chi connectivity index (χ2v) is 6.43. The summed E-state index contributed by atoms with van der Waals surface area (Å²) < 4.78 is 5.27. The molecule has 0 saturated heterocycles. The predicted octanol–water partition coefficient (Wildman–Crippen LogP) is 4.73. The van der Waals surface area contributed by atoms with E-state index in [1.165, 1.54) is 18.3 Å². The summed E-state index contributed by atoms with van der Waals surface area (Å²) in [6, 6.07) is 13.5. The number of amides is 1. The molecule has 1 N–H and O–H groups in total. The number of aromatic nitrogens is 1. The van der Waals surface area contributed by atoms with E-state index >= 15 is 0 Å². The third-order valence-electron chi connectivity index (χ3n) is 3.42. The molecule has 0 bridgehead atoms. The Bertz CT molecular complexity index is 961. The molecule has 3 aromatic rings. The lowest BCUT2D eigenvalue weighted by Crippen LogP contribution is -2.05. The van der Waals surface area contributed by atoms with Gasteiger partial charge in [-0.3, -0.25) is 4.79 Å². The van der Waals surface area contributed by atoms with Gasteiger partial charge in [-0.25, -0.2) is 4.98 Å². The fourth-order valence-electron chi connectivity index (χ4n) is 2.24. The zero-order chi connectivity index (χ0) is 17.8. The second-order valence-electron chi connectivity index (χ2n) is 5.43. The van der Waals surface area contributed by atoms with Crippen LogP contribution in [-0.2, 0) is 4.79 Å². The third-order valence-corrected chi connectivity index (χ3v) is 4.43.